The van der Waals surface area contributed by atoms with Crippen LogP contribution in [0.4, 0.5) is 23.9 Å². The summed E-state index contributed by atoms with van der Waals surface area (Å²) in [6.07, 6.45) is -2.03. The normalized spacial score (nSPS) is 16.6. The maximum absolute atomic E-state index is 14.1. The van der Waals surface area contributed by atoms with E-state index in [0.717, 1.165) is 17.8 Å². The molecule has 8 nitrogen and oxygen atoms in total. The molecule has 2 N–H and O–H groups in total. The van der Waals surface area contributed by atoms with Gasteiger partial charge in [0, 0.05) is 63.0 Å². The molecule has 1 aliphatic heterocycles. The highest BCUT2D eigenvalue weighted by Gasteiger charge is 2.36. The Balaban J connectivity index is 1.72. The number of carboxylic acid groups (broad SMARTS) is 1. The summed E-state index contributed by atoms with van der Waals surface area (Å²) < 4.78 is 50.1. The van der Waals surface area contributed by atoms with Crippen LogP contribution in [0.15, 0.2) is 30.6 Å². The number of anilines is 1. The van der Waals surface area contributed by atoms with Crippen molar-refractivity contribution < 1.29 is 27.8 Å². The number of amides is 1. The van der Waals surface area contributed by atoms with Crippen LogP contribution < -0.4 is 5.32 Å². The highest BCUT2D eigenvalue weighted by molar-refractivity contribution is 6.76. The second-order valence-corrected chi connectivity index (χ2v) is 16.9. The smallest absolute Gasteiger partial charge is 0.419 e. The highest BCUT2D eigenvalue weighted by atomic mass is 35.5. The van der Waals surface area contributed by atoms with Gasteiger partial charge >= 0.3 is 12.3 Å². The fourth-order valence-corrected chi connectivity index (χ4v) is 5.50. The monoisotopic (exact) mass is 583 g/mol. The summed E-state index contributed by atoms with van der Waals surface area (Å²) >= 11 is 6.05. The number of halogens is 4. The number of rotatable bonds is 9. The van der Waals surface area contributed by atoms with E-state index >= 15 is 0 Å². The van der Waals surface area contributed by atoms with Gasteiger partial charge in [-0.2, -0.15) is 13.2 Å². The first-order valence-corrected chi connectivity index (χ1v) is 17.0. The van der Waals surface area contributed by atoms with Gasteiger partial charge in [-0.3, -0.25) is 0 Å². The van der Waals surface area contributed by atoms with Crippen molar-refractivity contribution in [2.75, 3.05) is 25.0 Å². The zero-order valence-corrected chi connectivity index (χ0v) is 23.9. The third kappa shape index (κ3) is 7.23. The first-order valence-electron chi connectivity index (χ1n) is 12.8. The topological polar surface area (TPSA) is 92.5 Å². The summed E-state index contributed by atoms with van der Waals surface area (Å²) in [5.74, 6) is 0.275. The number of likely N-dealkylation sites (tertiary alicyclic amines) is 1. The summed E-state index contributed by atoms with van der Waals surface area (Å²) in [5.41, 5.74) is 0.619. The van der Waals surface area contributed by atoms with Crippen molar-refractivity contribution in [1.82, 2.24) is 19.4 Å². The lowest BCUT2D eigenvalue weighted by molar-refractivity contribution is -0.137. The number of hydrogen-bond acceptors (Lipinski definition) is 5. The lowest BCUT2D eigenvalue weighted by atomic mass is 10.0. The molecule has 1 aliphatic rings. The minimum atomic E-state index is -4.68. The molecule has 1 amide bonds. The Morgan fingerprint density at radius 2 is 2.08 bits per heavy atom. The van der Waals surface area contributed by atoms with Crippen molar-refractivity contribution in [3.8, 4) is 11.3 Å². The van der Waals surface area contributed by atoms with Crippen LogP contribution in [0, 0.1) is 0 Å². The quantitative estimate of drug-likeness (QED) is 0.165. The molecule has 212 valence electrons. The third-order valence-corrected chi connectivity index (χ3v) is 8.71. The predicted octanol–water partition coefficient (Wildman–Crippen LogP) is 6.72. The van der Waals surface area contributed by atoms with E-state index < -0.39 is 25.9 Å². The van der Waals surface area contributed by atoms with Gasteiger partial charge in [-0.15, -0.1) is 11.6 Å². The molecule has 1 fully saturated rings. The van der Waals surface area contributed by atoms with Crippen LogP contribution in [0.25, 0.3) is 22.2 Å². The third-order valence-electron chi connectivity index (χ3n) is 6.70. The molecule has 3 heterocycles. The van der Waals surface area contributed by atoms with E-state index in [4.69, 9.17) is 16.3 Å². The summed E-state index contributed by atoms with van der Waals surface area (Å²) in [6.45, 7) is 8.09. The van der Waals surface area contributed by atoms with E-state index in [-0.39, 0.29) is 36.8 Å². The number of benzene rings is 1. The molecule has 39 heavy (non-hydrogen) atoms. The number of nitrogens with zero attached hydrogens (tertiary/aromatic N) is 4. The minimum Gasteiger partial charge on any atom is -0.465 e. The predicted molar refractivity (Wildman–Crippen MR) is 148 cm³/mol. The van der Waals surface area contributed by atoms with Gasteiger partial charge in [0.2, 0.25) is 5.95 Å². The van der Waals surface area contributed by atoms with Gasteiger partial charge in [-0.1, -0.05) is 31.8 Å². The summed E-state index contributed by atoms with van der Waals surface area (Å²) in [6, 6.07) is 6.04. The Kier molecular flexibility index (Phi) is 8.77. The van der Waals surface area contributed by atoms with Crippen molar-refractivity contribution in [2.45, 2.75) is 63.4 Å². The van der Waals surface area contributed by atoms with Gasteiger partial charge in [0.05, 0.1) is 11.2 Å². The standard InChI is InChI=1S/C26H33ClF3N5O3Si/c1-39(2,3)10-9-38-16-35-15-20(19-7-6-17(12-27)11-22(19)35)23-21(26(28,29)30)13-31-24(33-23)32-18-5-4-8-34(14-18)25(36)37/h6-7,11,13,15,18H,4-5,8-10,12,14,16H2,1-3H3,(H,36,37)(H,31,32,33)/t18-/m0/s1. The fraction of sp³-hybridized carbons (Fsp3) is 0.500. The van der Waals surface area contributed by atoms with E-state index in [1.165, 1.54) is 4.90 Å². The van der Waals surface area contributed by atoms with Crippen LogP contribution in [-0.4, -0.2) is 64.4 Å². The van der Waals surface area contributed by atoms with Crippen LogP contribution in [0.1, 0.15) is 24.0 Å². The van der Waals surface area contributed by atoms with E-state index in [1.807, 2.05) is 6.07 Å². The molecule has 1 saturated heterocycles. The van der Waals surface area contributed by atoms with Gasteiger partial charge in [-0.05, 0) is 30.5 Å². The van der Waals surface area contributed by atoms with Crippen LogP contribution in [0.2, 0.25) is 25.7 Å². The largest absolute Gasteiger partial charge is 0.465 e. The number of aromatic nitrogens is 3. The number of hydrogen-bond donors (Lipinski definition) is 2. The van der Waals surface area contributed by atoms with Crippen molar-refractivity contribution in [3.05, 3.63) is 41.7 Å². The first kappa shape index (κ1) is 29.2. The SMILES string of the molecule is C[Si](C)(C)CCOCn1cc(-c2nc(N[C@H]3CCCN(C(=O)O)C3)ncc2C(F)(F)F)c2ccc(CCl)cc21. The number of fused-ring (bicyclic) bond motifs is 1. The summed E-state index contributed by atoms with van der Waals surface area (Å²) in [5, 5.41) is 13.0. The number of nitrogens with one attached hydrogen (secondary N) is 1. The maximum atomic E-state index is 14.1. The summed E-state index contributed by atoms with van der Waals surface area (Å²) in [7, 11) is -1.31. The Bertz CT molecular complexity index is 1330. The van der Waals surface area contributed by atoms with E-state index in [0.29, 0.717) is 42.5 Å². The molecule has 1 atom stereocenters. The Hall–Kier alpha value is -2.83. The minimum absolute atomic E-state index is 0.0138. The molecule has 0 spiro atoms. The van der Waals surface area contributed by atoms with E-state index in [1.54, 1.807) is 22.9 Å². The second-order valence-electron chi connectivity index (χ2n) is 11.0. The molecule has 0 bridgehead atoms. The summed E-state index contributed by atoms with van der Waals surface area (Å²) in [4.78, 5) is 20.9. The number of ether oxygens (including phenoxy) is 1. The average Bonchev–Trinajstić information content (AvgIpc) is 3.23. The molecular formula is C26H33ClF3N5O3Si. The molecule has 4 rings (SSSR count). The van der Waals surface area contributed by atoms with Gasteiger partial charge in [0.15, 0.2) is 0 Å². The molecule has 2 aromatic heterocycles. The first-order chi connectivity index (χ1) is 18.4. The maximum Gasteiger partial charge on any atom is 0.419 e. The Morgan fingerprint density at radius 3 is 2.74 bits per heavy atom. The zero-order chi connectivity index (χ0) is 28.4. The molecule has 0 unspecified atom stereocenters. The average molecular weight is 584 g/mol. The van der Waals surface area contributed by atoms with Crippen LogP contribution >= 0.6 is 11.6 Å². The molecular weight excluding hydrogens is 551 g/mol. The highest BCUT2D eigenvalue weighted by Crippen LogP contribution is 2.40. The number of alkyl halides is 4. The van der Waals surface area contributed by atoms with Crippen molar-refractivity contribution >= 4 is 42.6 Å². The van der Waals surface area contributed by atoms with Crippen LogP contribution in [-0.2, 0) is 23.5 Å². The Morgan fingerprint density at radius 1 is 1.31 bits per heavy atom. The molecule has 0 saturated carbocycles. The Labute approximate surface area is 231 Å². The van der Waals surface area contributed by atoms with Gasteiger partial charge < -0.3 is 24.6 Å². The lowest BCUT2D eigenvalue weighted by Crippen LogP contribution is -2.44. The lowest BCUT2D eigenvalue weighted by Gasteiger charge is -2.31. The van der Waals surface area contributed by atoms with E-state index in [2.05, 4.69) is 34.9 Å². The van der Waals surface area contributed by atoms with Gasteiger partial charge in [0.25, 0.3) is 0 Å². The molecule has 0 aliphatic carbocycles. The van der Waals surface area contributed by atoms with Gasteiger partial charge in [-0.25, -0.2) is 14.8 Å². The van der Waals surface area contributed by atoms with Gasteiger partial charge in [0.1, 0.15) is 12.3 Å². The fourth-order valence-electron chi connectivity index (χ4n) is 4.57. The van der Waals surface area contributed by atoms with Crippen molar-refractivity contribution in [1.29, 1.82) is 0 Å². The molecule has 13 heteroatoms. The van der Waals surface area contributed by atoms with Crippen LogP contribution in [0.5, 0.6) is 0 Å². The second kappa shape index (κ2) is 11.7. The molecule has 3 aromatic rings. The number of piperidine rings is 1. The zero-order valence-electron chi connectivity index (χ0n) is 22.2. The molecule has 1 aromatic carbocycles. The van der Waals surface area contributed by atoms with Crippen LogP contribution in [0.3, 0.4) is 0 Å². The number of carbonyl (C=O) groups is 1. The van der Waals surface area contributed by atoms with Crippen molar-refractivity contribution in [2.24, 2.45) is 0 Å². The molecule has 0 radical (unpaired) electrons. The van der Waals surface area contributed by atoms with E-state index in [9.17, 15) is 23.1 Å². The van der Waals surface area contributed by atoms with Crippen molar-refractivity contribution in [3.63, 3.8) is 0 Å².